The summed E-state index contributed by atoms with van der Waals surface area (Å²) in [4.78, 5) is 27.4. The molecule has 0 unspecified atom stereocenters. The Hall–Kier alpha value is -2.54. The lowest BCUT2D eigenvalue weighted by Gasteiger charge is -2.32. The van der Waals surface area contributed by atoms with Crippen molar-refractivity contribution in [3.05, 3.63) is 46.2 Å². The number of phenolic OH excluding ortho intramolecular Hbond substituents is 2. The van der Waals surface area contributed by atoms with E-state index in [4.69, 9.17) is 0 Å². The third kappa shape index (κ3) is 4.51. The van der Waals surface area contributed by atoms with Gasteiger partial charge in [0.05, 0.1) is 6.42 Å². The van der Waals surface area contributed by atoms with Crippen molar-refractivity contribution in [2.75, 3.05) is 13.1 Å². The van der Waals surface area contributed by atoms with Gasteiger partial charge in [-0.2, -0.15) is 0 Å². The number of phenols is 2. The zero-order valence-electron chi connectivity index (χ0n) is 13.6. The molecule has 0 saturated carbocycles. The fourth-order valence-corrected chi connectivity index (χ4v) is 3.64. The number of nitrogens with zero attached hydrogens (tertiary/aromatic N) is 1. The zero-order valence-corrected chi connectivity index (χ0v) is 14.5. The van der Waals surface area contributed by atoms with E-state index in [1.165, 1.54) is 18.2 Å². The first-order valence-corrected chi connectivity index (χ1v) is 9.03. The normalized spacial score (nSPS) is 15.1. The van der Waals surface area contributed by atoms with E-state index in [0.717, 1.165) is 4.88 Å². The molecule has 132 valence electrons. The fourth-order valence-electron chi connectivity index (χ4n) is 2.94. The van der Waals surface area contributed by atoms with Crippen molar-refractivity contribution in [3.63, 3.8) is 0 Å². The number of hydrogen-bond donors (Lipinski definition) is 3. The molecule has 0 spiro atoms. The summed E-state index contributed by atoms with van der Waals surface area (Å²) in [5.74, 6) is -0.530. The molecule has 7 heteroatoms. The van der Waals surface area contributed by atoms with Crippen molar-refractivity contribution in [2.45, 2.75) is 25.3 Å². The Balaban J connectivity index is 1.50. The van der Waals surface area contributed by atoms with Crippen LogP contribution in [-0.4, -0.2) is 46.1 Å². The van der Waals surface area contributed by atoms with E-state index in [1.807, 2.05) is 22.4 Å². The Kier molecular flexibility index (Phi) is 5.23. The molecule has 0 radical (unpaired) electrons. The number of likely N-dealkylation sites (tertiary alicyclic amines) is 1. The maximum atomic E-state index is 12.3. The SMILES string of the molecule is O=C(NC1CCN(C(=O)Cc2cccs2)CC1)c1cc(O)cc(O)c1. The van der Waals surface area contributed by atoms with Crippen molar-refractivity contribution in [1.82, 2.24) is 10.2 Å². The molecule has 1 aliphatic rings. The molecule has 3 N–H and O–H groups in total. The minimum atomic E-state index is -0.338. The highest BCUT2D eigenvalue weighted by Gasteiger charge is 2.24. The molecule has 6 nitrogen and oxygen atoms in total. The molecule has 0 bridgehead atoms. The minimum absolute atomic E-state index is 0.0252. The summed E-state index contributed by atoms with van der Waals surface area (Å²) < 4.78 is 0. The van der Waals surface area contributed by atoms with E-state index in [-0.39, 0.29) is 34.9 Å². The first kappa shape index (κ1) is 17.3. The first-order valence-electron chi connectivity index (χ1n) is 8.15. The molecular weight excluding hydrogens is 340 g/mol. The van der Waals surface area contributed by atoms with Gasteiger partial charge in [0.15, 0.2) is 0 Å². The number of piperidine rings is 1. The van der Waals surface area contributed by atoms with Gasteiger partial charge >= 0.3 is 0 Å². The van der Waals surface area contributed by atoms with Gasteiger partial charge in [0.2, 0.25) is 5.91 Å². The molecule has 1 saturated heterocycles. The topological polar surface area (TPSA) is 89.9 Å². The Morgan fingerprint density at radius 1 is 1.16 bits per heavy atom. The molecule has 0 atom stereocenters. The van der Waals surface area contributed by atoms with Crippen molar-refractivity contribution in [2.24, 2.45) is 0 Å². The summed E-state index contributed by atoms with van der Waals surface area (Å²) in [6.45, 7) is 1.22. The summed E-state index contributed by atoms with van der Waals surface area (Å²) in [6, 6.07) is 7.68. The number of benzene rings is 1. The van der Waals surface area contributed by atoms with Crippen molar-refractivity contribution >= 4 is 23.2 Å². The Labute approximate surface area is 149 Å². The van der Waals surface area contributed by atoms with Crippen LogP contribution in [0.2, 0.25) is 0 Å². The van der Waals surface area contributed by atoms with Crippen LogP contribution in [0.1, 0.15) is 28.1 Å². The highest BCUT2D eigenvalue weighted by atomic mass is 32.1. The standard InChI is InChI=1S/C18H20N2O4S/c21-14-8-12(9-15(22)10-14)18(24)19-13-3-5-20(6-4-13)17(23)11-16-2-1-7-25-16/h1-2,7-10,13,21-22H,3-6,11H2,(H,19,24). The van der Waals surface area contributed by atoms with E-state index in [9.17, 15) is 19.8 Å². The maximum Gasteiger partial charge on any atom is 0.251 e. The van der Waals surface area contributed by atoms with Crippen LogP contribution in [0, 0.1) is 0 Å². The summed E-state index contributed by atoms with van der Waals surface area (Å²) in [6.07, 6.45) is 1.80. The van der Waals surface area contributed by atoms with Crippen LogP contribution in [0.3, 0.4) is 0 Å². The molecule has 2 heterocycles. The monoisotopic (exact) mass is 360 g/mol. The quantitative estimate of drug-likeness (QED) is 0.779. The Morgan fingerprint density at radius 2 is 1.84 bits per heavy atom. The molecule has 25 heavy (non-hydrogen) atoms. The van der Waals surface area contributed by atoms with E-state index < -0.39 is 0 Å². The summed E-state index contributed by atoms with van der Waals surface area (Å²) in [5.41, 5.74) is 0.216. The van der Waals surface area contributed by atoms with Crippen LogP contribution >= 0.6 is 11.3 Å². The second-order valence-corrected chi connectivity index (χ2v) is 7.15. The molecule has 1 aromatic heterocycles. The van der Waals surface area contributed by atoms with E-state index in [0.29, 0.717) is 32.4 Å². The minimum Gasteiger partial charge on any atom is -0.508 e. The summed E-state index contributed by atoms with van der Waals surface area (Å²) in [5, 5.41) is 23.8. The maximum absolute atomic E-state index is 12.3. The van der Waals surface area contributed by atoms with Gasteiger partial charge in [-0.1, -0.05) is 6.07 Å². The lowest BCUT2D eigenvalue weighted by atomic mass is 10.0. The van der Waals surface area contributed by atoms with Gasteiger partial charge in [-0.05, 0) is 36.4 Å². The Bertz CT molecular complexity index is 732. The number of hydrogen-bond acceptors (Lipinski definition) is 5. The van der Waals surface area contributed by atoms with Gasteiger partial charge in [0.25, 0.3) is 5.91 Å². The van der Waals surface area contributed by atoms with Gasteiger partial charge in [-0.3, -0.25) is 9.59 Å². The Morgan fingerprint density at radius 3 is 2.44 bits per heavy atom. The number of amides is 2. The molecule has 1 fully saturated rings. The number of carbonyl (C=O) groups is 2. The molecule has 1 aromatic carbocycles. The van der Waals surface area contributed by atoms with Crippen LogP contribution in [-0.2, 0) is 11.2 Å². The predicted molar refractivity (Wildman–Crippen MR) is 94.9 cm³/mol. The van der Waals surface area contributed by atoms with Gasteiger partial charge in [-0.15, -0.1) is 11.3 Å². The van der Waals surface area contributed by atoms with Crippen molar-refractivity contribution < 1.29 is 19.8 Å². The van der Waals surface area contributed by atoms with Gasteiger partial charge in [0, 0.05) is 35.6 Å². The van der Waals surface area contributed by atoms with Crippen LogP contribution in [0.4, 0.5) is 0 Å². The highest BCUT2D eigenvalue weighted by Crippen LogP contribution is 2.21. The van der Waals surface area contributed by atoms with Crippen molar-refractivity contribution in [1.29, 1.82) is 0 Å². The van der Waals surface area contributed by atoms with Crippen LogP contribution in [0.5, 0.6) is 11.5 Å². The van der Waals surface area contributed by atoms with Gasteiger partial charge in [-0.25, -0.2) is 0 Å². The van der Waals surface area contributed by atoms with E-state index in [1.54, 1.807) is 11.3 Å². The molecule has 0 aliphatic carbocycles. The third-order valence-electron chi connectivity index (χ3n) is 4.25. The fraction of sp³-hybridized carbons (Fsp3) is 0.333. The first-order chi connectivity index (χ1) is 12.0. The van der Waals surface area contributed by atoms with Crippen LogP contribution < -0.4 is 5.32 Å². The van der Waals surface area contributed by atoms with Crippen LogP contribution in [0.15, 0.2) is 35.7 Å². The average Bonchev–Trinajstić information content (AvgIpc) is 3.07. The number of thiophene rings is 1. The van der Waals surface area contributed by atoms with Gasteiger partial charge < -0.3 is 20.4 Å². The lowest BCUT2D eigenvalue weighted by Crippen LogP contribution is -2.46. The predicted octanol–water partition coefficient (Wildman–Crippen LogP) is 2.12. The number of carbonyl (C=O) groups excluding carboxylic acids is 2. The van der Waals surface area contributed by atoms with Crippen LogP contribution in [0.25, 0.3) is 0 Å². The summed E-state index contributed by atoms with van der Waals surface area (Å²) in [7, 11) is 0. The highest BCUT2D eigenvalue weighted by molar-refractivity contribution is 7.10. The zero-order chi connectivity index (χ0) is 17.8. The number of nitrogens with one attached hydrogen (secondary N) is 1. The van der Waals surface area contributed by atoms with Gasteiger partial charge in [0.1, 0.15) is 11.5 Å². The molecule has 2 aromatic rings. The molecule has 1 aliphatic heterocycles. The molecule has 2 amide bonds. The smallest absolute Gasteiger partial charge is 0.251 e. The third-order valence-corrected chi connectivity index (χ3v) is 5.13. The van der Waals surface area contributed by atoms with E-state index >= 15 is 0 Å². The average molecular weight is 360 g/mol. The number of aromatic hydroxyl groups is 2. The summed E-state index contributed by atoms with van der Waals surface area (Å²) >= 11 is 1.58. The molecular formula is C18H20N2O4S. The second kappa shape index (κ2) is 7.57. The van der Waals surface area contributed by atoms with E-state index in [2.05, 4.69) is 5.32 Å². The number of rotatable bonds is 4. The lowest BCUT2D eigenvalue weighted by molar-refractivity contribution is -0.131. The molecule has 3 rings (SSSR count). The van der Waals surface area contributed by atoms with Crippen molar-refractivity contribution in [3.8, 4) is 11.5 Å². The second-order valence-electron chi connectivity index (χ2n) is 6.12. The largest absolute Gasteiger partial charge is 0.508 e.